The van der Waals surface area contributed by atoms with E-state index in [4.69, 9.17) is 44.6 Å². The van der Waals surface area contributed by atoms with Crippen molar-refractivity contribution in [2.75, 3.05) is 39.4 Å². The smallest absolute Gasteiger partial charge is 0.170 e. The molecule has 2 atom stereocenters. The van der Waals surface area contributed by atoms with E-state index in [1.807, 2.05) is 42.5 Å². The highest BCUT2D eigenvalue weighted by atomic mass is 35.5. The summed E-state index contributed by atoms with van der Waals surface area (Å²) in [4.78, 5) is 9.26. The molecule has 0 unspecified atom stereocenters. The first kappa shape index (κ1) is 23.6. The number of halogens is 2. The van der Waals surface area contributed by atoms with E-state index in [1.54, 1.807) is 12.3 Å². The zero-order chi connectivity index (χ0) is 23.5. The lowest BCUT2D eigenvalue weighted by Gasteiger charge is -2.29. The molecule has 1 N–H and O–H groups in total. The van der Waals surface area contributed by atoms with Crippen molar-refractivity contribution < 1.29 is 9.15 Å². The summed E-state index contributed by atoms with van der Waals surface area (Å²) in [5.41, 5.74) is 1.69. The van der Waals surface area contributed by atoms with Crippen LogP contribution >= 0.6 is 35.4 Å². The lowest BCUT2D eigenvalue weighted by atomic mass is 10.0. The molecule has 2 aliphatic heterocycles. The van der Waals surface area contributed by atoms with Gasteiger partial charge in [-0.3, -0.25) is 9.88 Å². The SMILES string of the molecule is S=C1N[C@@H](c2ccccn2)[C@@H](c2ccc(-c3cccc(Cl)c3Cl)o2)N1CCCN1CCOCC1. The van der Waals surface area contributed by atoms with Gasteiger partial charge in [-0.25, -0.2) is 0 Å². The van der Waals surface area contributed by atoms with Crippen LogP contribution in [0, 0.1) is 0 Å². The maximum Gasteiger partial charge on any atom is 0.170 e. The molecule has 2 fully saturated rings. The van der Waals surface area contributed by atoms with E-state index in [0.717, 1.165) is 62.8 Å². The summed E-state index contributed by atoms with van der Waals surface area (Å²) in [6, 6.07) is 15.2. The average Bonchev–Trinajstić information content (AvgIpc) is 3.47. The topological polar surface area (TPSA) is 53.8 Å². The van der Waals surface area contributed by atoms with Crippen LogP contribution in [0.3, 0.4) is 0 Å². The van der Waals surface area contributed by atoms with Crippen molar-refractivity contribution in [2.45, 2.75) is 18.5 Å². The molecule has 0 radical (unpaired) electrons. The van der Waals surface area contributed by atoms with Gasteiger partial charge in [0.2, 0.25) is 0 Å². The first-order valence-electron chi connectivity index (χ1n) is 11.4. The van der Waals surface area contributed by atoms with Gasteiger partial charge in [0.25, 0.3) is 0 Å². The van der Waals surface area contributed by atoms with Crippen LogP contribution in [-0.2, 0) is 4.74 Å². The van der Waals surface area contributed by atoms with Gasteiger partial charge in [0.05, 0.1) is 35.0 Å². The van der Waals surface area contributed by atoms with Gasteiger partial charge in [0.1, 0.15) is 17.6 Å². The van der Waals surface area contributed by atoms with E-state index < -0.39 is 0 Å². The van der Waals surface area contributed by atoms with Crippen LogP contribution in [0.15, 0.2) is 59.1 Å². The molecule has 1 aromatic carbocycles. The Bertz CT molecular complexity index is 1140. The van der Waals surface area contributed by atoms with Gasteiger partial charge in [-0.05, 0) is 55.0 Å². The van der Waals surface area contributed by atoms with Crippen LogP contribution < -0.4 is 5.32 Å². The van der Waals surface area contributed by atoms with Gasteiger partial charge in [-0.2, -0.15) is 0 Å². The molecule has 6 nitrogen and oxygen atoms in total. The second kappa shape index (κ2) is 10.6. The fourth-order valence-corrected chi connectivity index (χ4v) is 5.32. The maximum atomic E-state index is 6.46. The van der Waals surface area contributed by atoms with Gasteiger partial charge < -0.3 is 19.4 Å². The molecular formula is C25H26Cl2N4O2S. The van der Waals surface area contributed by atoms with Crippen molar-refractivity contribution in [1.29, 1.82) is 0 Å². The third kappa shape index (κ3) is 4.95. The second-order valence-corrected chi connectivity index (χ2v) is 9.60. The van der Waals surface area contributed by atoms with E-state index in [9.17, 15) is 0 Å². The Morgan fingerprint density at radius 3 is 2.68 bits per heavy atom. The third-order valence-electron chi connectivity index (χ3n) is 6.31. The quantitative estimate of drug-likeness (QED) is 0.425. The van der Waals surface area contributed by atoms with Gasteiger partial charge in [-0.1, -0.05) is 35.3 Å². The molecule has 2 saturated heterocycles. The molecule has 178 valence electrons. The van der Waals surface area contributed by atoms with Crippen LogP contribution in [0.1, 0.15) is 30.0 Å². The Labute approximate surface area is 214 Å². The summed E-state index contributed by atoms with van der Waals surface area (Å²) in [7, 11) is 0. The molecule has 0 spiro atoms. The highest BCUT2D eigenvalue weighted by Crippen LogP contribution is 2.42. The second-order valence-electron chi connectivity index (χ2n) is 8.43. The van der Waals surface area contributed by atoms with Gasteiger partial charge in [0, 0.05) is 37.9 Å². The monoisotopic (exact) mass is 516 g/mol. The van der Waals surface area contributed by atoms with E-state index in [1.165, 1.54) is 0 Å². The molecular weight excluding hydrogens is 491 g/mol. The minimum absolute atomic E-state index is 0.120. The van der Waals surface area contributed by atoms with Crippen LogP contribution in [0.5, 0.6) is 0 Å². The van der Waals surface area contributed by atoms with E-state index in [2.05, 4.69) is 20.1 Å². The molecule has 2 aliphatic rings. The Morgan fingerprint density at radius 1 is 1.03 bits per heavy atom. The molecule has 0 amide bonds. The van der Waals surface area contributed by atoms with Crippen molar-refractivity contribution in [2.24, 2.45) is 0 Å². The number of furan rings is 1. The summed E-state index contributed by atoms with van der Waals surface area (Å²) in [6.45, 7) is 5.37. The summed E-state index contributed by atoms with van der Waals surface area (Å²) in [5, 5.41) is 5.17. The molecule has 4 heterocycles. The molecule has 34 heavy (non-hydrogen) atoms. The molecule has 0 saturated carbocycles. The minimum Gasteiger partial charge on any atom is -0.459 e. The van der Waals surface area contributed by atoms with Crippen LogP contribution in [0.2, 0.25) is 10.0 Å². The van der Waals surface area contributed by atoms with Crippen LogP contribution in [0.4, 0.5) is 0 Å². The van der Waals surface area contributed by atoms with Crippen LogP contribution in [-0.4, -0.2) is 59.3 Å². The number of nitrogens with one attached hydrogen (secondary N) is 1. The first-order chi connectivity index (χ1) is 16.6. The first-order valence-corrected chi connectivity index (χ1v) is 12.6. The summed E-state index contributed by atoms with van der Waals surface area (Å²) < 4.78 is 11.8. The number of aromatic nitrogens is 1. The third-order valence-corrected chi connectivity index (χ3v) is 7.48. The number of thiocarbonyl (C=S) groups is 1. The van der Waals surface area contributed by atoms with Crippen molar-refractivity contribution in [3.05, 3.63) is 76.2 Å². The van der Waals surface area contributed by atoms with Crippen molar-refractivity contribution in [3.63, 3.8) is 0 Å². The molecule has 0 aliphatic carbocycles. The number of pyridine rings is 1. The summed E-state index contributed by atoms with van der Waals surface area (Å²) >= 11 is 18.5. The van der Waals surface area contributed by atoms with E-state index in [-0.39, 0.29) is 12.1 Å². The highest BCUT2D eigenvalue weighted by Gasteiger charge is 2.41. The highest BCUT2D eigenvalue weighted by molar-refractivity contribution is 7.80. The largest absolute Gasteiger partial charge is 0.459 e. The molecule has 0 bridgehead atoms. The zero-order valence-corrected chi connectivity index (χ0v) is 21.0. The fraction of sp³-hybridized carbons (Fsp3) is 0.360. The Balaban J connectivity index is 1.41. The van der Waals surface area contributed by atoms with Crippen molar-refractivity contribution in [3.8, 4) is 11.3 Å². The number of benzene rings is 1. The predicted octanol–water partition coefficient (Wildman–Crippen LogP) is 5.34. The standard InChI is InChI=1S/C25H26Cl2N4O2S/c26-18-6-3-5-17(22(18)27)20-8-9-21(33-20)24-23(19-7-1-2-10-28-19)29-25(34)31(24)12-4-11-30-13-15-32-16-14-30/h1-3,5-10,23-24H,4,11-16H2,(H,29,34)/t23-,24+/m0/s1. The van der Waals surface area contributed by atoms with Crippen molar-refractivity contribution >= 4 is 40.5 Å². The predicted molar refractivity (Wildman–Crippen MR) is 138 cm³/mol. The molecule has 5 rings (SSSR count). The summed E-state index contributed by atoms with van der Waals surface area (Å²) in [6.07, 6.45) is 2.79. The number of rotatable bonds is 7. The normalized spacial score (nSPS) is 21.1. The number of nitrogens with zero attached hydrogens (tertiary/aromatic N) is 3. The molecule has 2 aromatic heterocycles. The Morgan fingerprint density at radius 2 is 1.88 bits per heavy atom. The minimum atomic E-state index is -0.126. The Hall–Kier alpha value is -2.16. The number of ether oxygens (including phenoxy) is 1. The fourth-order valence-electron chi connectivity index (χ4n) is 4.60. The number of hydrogen-bond acceptors (Lipinski definition) is 5. The maximum absolute atomic E-state index is 6.46. The molecule has 3 aromatic rings. The van der Waals surface area contributed by atoms with Gasteiger partial charge in [0.15, 0.2) is 5.11 Å². The van der Waals surface area contributed by atoms with E-state index >= 15 is 0 Å². The average molecular weight is 517 g/mol. The van der Waals surface area contributed by atoms with Gasteiger partial charge >= 0.3 is 0 Å². The van der Waals surface area contributed by atoms with Crippen molar-refractivity contribution in [1.82, 2.24) is 20.1 Å². The lowest BCUT2D eigenvalue weighted by molar-refractivity contribution is 0.0365. The number of hydrogen-bond donors (Lipinski definition) is 1. The summed E-state index contributed by atoms with van der Waals surface area (Å²) in [5.74, 6) is 1.48. The lowest BCUT2D eigenvalue weighted by Crippen LogP contribution is -2.38. The van der Waals surface area contributed by atoms with E-state index in [0.29, 0.717) is 20.9 Å². The zero-order valence-electron chi connectivity index (χ0n) is 18.6. The van der Waals surface area contributed by atoms with Crippen LogP contribution in [0.25, 0.3) is 11.3 Å². The number of morpholine rings is 1. The van der Waals surface area contributed by atoms with Gasteiger partial charge in [-0.15, -0.1) is 0 Å². The Kier molecular flexibility index (Phi) is 7.37. The molecule has 9 heteroatoms.